The largest absolute Gasteiger partial charge is 0.312 e. The van der Waals surface area contributed by atoms with Crippen molar-refractivity contribution in [1.29, 1.82) is 0 Å². The van der Waals surface area contributed by atoms with Crippen LogP contribution in [0.1, 0.15) is 123 Å². The molecular formula is C21H43N. The first-order valence-corrected chi connectivity index (χ1v) is 10.6. The predicted molar refractivity (Wildman–Crippen MR) is 101 cm³/mol. The van der Waals surface area contributed by atoms with Crippen molar-refractivity contribution in [3.05, 3.63) is 0 Å². The zero-order valence-corrected chi connectivity index (χ0v) is 15.7. The maximum absolute atomic E-state index is 3.76. The molecule has 132 valence electrons. The molecule has 1 aliphatic rings. The number of rotatable bonds is 14. The first kappa shape index (κ1) is 20.0. The standard InChI is InChI=1S/C21H43N/c1-3-4-5-6-7-8-9-10-11-12-13-14-15-18-21-19-16-17-20(2)22-21/h20-22H,3-19H2,1-2H3. The van der Waals surface area contributed by atoms with Crippen molar-refractivity contribution in [3.8, 4) is 0 Å². The van der Waals surface area contributed by atoms with E-state index in [0.717, 1.165) is 12.1 Å². The van der Waals surface area contributed by atoms with Gasteiger partial charge in [-0.2, -0.15) is 0 Å². The van der Waals surface area contributed by atoms with Gasteiger partial charge in [-0.3, -0.25) is 0 Å². The summed E-state index contributed by atoms with van der Waals surface area (Å²) in [4.78, 5) is 0. The van der Waals surface area contributed by atoms with Crippen LogP contribution < -0.4 is 5.32 Å². The van der Waals surface area contributed by atoms with Crippen LogP contribution in [0.25, 0.3) is 0 Å². The van der Waals surface area contributed by atoms with Crippen LogP contribution in [0.5, 0.6) is 0 Å². The molecule has 1 heterocycles. The molecule has 1 rings (SSSR count). The highest BCUT2D eigenvalue weighted by molar-refractivity contribution is 4.77. The summed E-state index contributed by atoms with van der Waals surface area (Å²) in [5.74, 6) is 0. The molecule has 2 atom stereocenters. The highest BCUT2D eigenvalue weighted by Crippen LogP contribution is 2.18. The zero-order chi connectivity index (χ0) is 15.9. The van der Waals surface area contributed by atoms with Gasteiger partial charge in [0.25, 0.3) is 0 Å². The van der Waals surface area contributed by atoms with Crippen LogP contribution in [-0.2, 0) is 0 Å². The summed E-state index contributed by atoms with van der Waals surface area (Å²) >= 11 is 0. The molecule has 0 saturated carbocycles. The lowest BCUT2D eigenvalue weighted by atomic mass is 9.95. The molecule has 0 aromatic carbocycles. The fraction of sp³-hybridized carbons (Fsp3) is 1.00. The molecule has 0 aromatic rings. The van der Waals surface area contributed by atoms with Gasteiger partial charge in [-0.1, -0.05) is 96.8 Å². The van der Waals surface area contributed by atoms with Crippen LogP contribution >= 0.6 is 0 Å². The van der Waals surface area contributed by atoms with Gasteiger partial charge in [0.1, 0.15) is 0 Å². The summed E-state index contributed by atoms with van der Waals surface area (Å²) in [5, 5.41) is 3.76. The third-order valence-corrected chi connectivity index (χ3v) is 5.37. The second-order valence-corrected chi connectivity index (χ2v) is 7.73. The van der Waals surface area contributed by atoms with E-state index in [1.54, 1.807) is 0 Å². The molecule has 0 aliphatic carbocycles. The van der Waals surface area contributed by atoms with Crippen molar-refractivity contribution in [2.75, 3.05) is 0 Å². The number of unbranched alkanes of at least 4 members (excludes halogenated alkanes) is 12. The Kier molecular flexibility index (Phi) is 13.2. The molecule has 0 aromatic heterocycles. The van der Waals surface area contributed by atoms with Gasteiger partial charge in [-0.15, -0.1) is 0 Å². The van der Waals surface area contributed by atoms with E-state index in [1.807, 2.05) is 0 Å². The molecule has 1 saturated heterocycles. The minimum Gasteiger partial charge on any atom is -0.312 e. The number of nitrogens with one attached hydrogen (secondary N) is 1. The Balaban J connectivity index is 1.73. The van der Waals surface area contributed by atoms with Gasteiger partial charge in [0.05, 0.1) is 0 Å². The first-order chi connectivity index (χ1) is 10.8. The number of hydrogen-bond donors (Lipinski definition) is 1. The van der Waals surface area contributed by atoms with Crippen LogP contribution in [0.2, 0.25) is 0 Å². The van der Waals surface area contributed by atoms with Crippen molar-refractivity contribution in [2.45, 2.75) is 135 Å². The van der Waals surface area contributed by atoms with E-state index in [0.29, 0.717) is 0 Å². The molecule has 1 N–H and O–H groups in total. The lowest BCUT2D eigenvalue weighted by molar-refractivity contribution is 0.314. The highest BCUT2D eigenvalue weighted by atomic mass is 15.0. The molecule has 2 unspecified atom stereocenters. The highest BCUT2D eigenvalue weighted by Gasteiger charge is 2.16. The van der Waals surface area contributed by atoms with Crippen LogP contribution in [0.15, 0.2) is 0 Å². The maximum atomic E-state index is 3.76. The summed E-state index contributed by atoms with van der Waals surface area (Å²) < 4.78 is 0. The number of piperidine rings is 1. The maximum Gasteiger partial charge on any atom is 0.00695 e. The van der Waals surface area contributed by atoms with E-state index in [2.05, 4.69) is 19.2 Å². The molecule has 22 heavy (non-hydrogen) atoms. The molecule has 1 nitrogen and oxygen atoms in total. The Bertz CT molecular complexity index is 226. The van der Waals surface area contributed by atoms with Crippen molar-refractivity contribution in [2.24, 2.45) is 0 Å². The summed E-state index contributed by atoms with van der Waals surface area (Å²) in [7, 11) is 0. The van der Waals surface area contributed by atoms with Crippen molar-refractivity contribution in [3.63, 3.8) is 0 Å². The van der Waals surface area contributed by atoms with Gasteiger partial charge < -0.3 is 5.32 Å². The summed E-state index contributed by atoms with van der Waals surface area (Å²) in [6.45, 7) is 4.64. The quantitative estimate of drug-likeness (QED) is 0.341. The van der Waals surface area contributed by atoms with Crippen molar-refractivity contribution >= 4 is 0 Å². The Labute approximate surface area is 141 Å². The predicted octanol–water partition coefficient (Wildman–Crippen LogP) is 7.00. The third-order valence-electron chi connectivity index (χ3n) is 5.37. The topological polar surface area (TPSA) is 12.0 Å². The average molecular weight is 310 g/mol. The van der Waals surface area contributed by atoms with E-state index in [-0.39, 0.29) is 0 Å². The Morgan fingerprint density at radius 2 is 1.18 bits per heavy atom. The number of hydrogen-bond acceptors (Lipinski definition) is 1. The smallest absolute Gasteiger partial charge is 0.00695 e. The van der Waals surface area contributed by atoms with Crippen molar-refractivity contribution in [1.82, 2.24) is 5.32 Å². The summed E-state index contributed by atoms with van der Waals surface area (Å²) in [6.07, 6.45) is 24.7. The molecule has 0 amide bonds. The molecule has 0 bridgehead atoms. The summed E-state index contributed by atoms with van der Waals surface area (Å²) in [6, 6.07) is 1.59. The average Bonchev–Trinajstić information content (AvgIpc) is 2.52. The zero-order valence-electron chi connectivity index (χ0n) is 15.7. The Morgan fingerprint density at radius 3 is 1.68 bits per heavy atom. The van der Waals surface area contributed by atoms with Crippen LogP contribution in [0, 0.1) is 0 Å². The van der Waals surface area contributed by atoms with Gasteiger partial charge in [0.2, 0.25) is 0 Å². The van der Waals surface area contributed by atoms with Crippen LogP contribution in [0.4, 0.5) is 0 Å². The van der Waals surface area contributed by atoms with Gasteiger partial charge in [0.15, 0.2) is 0 Å². The Hall–Kier alpha value is -0.0400. The minimum atomic E-state index is 0.765. The van der Waals surface area contributed by atoms with Gasteiger partial charge in [-0.05, 0) is 26.2 Å². The molecule has 1 heteroatoms. The minimum absolute atomic E-state index is 0.765. The second kappa shape index (κ2) is 14.5. The van der Waals surface area contributed by atoms with E-state index in [1.165, 1.54) is 109 Å². The van der Waals surface area contributed by atoms with E-state index < -0.39 is 0 Å². The van der Waals surface area contributed by atoms with Gasteiger partial charge in [-0.25, -0.2) is 0 Å². The fourth-order valence-corrected chi connectivity index (χ4v) is 3.88. The van der Waals surface area contributed by atoms with Crippen LogP contribution in [0.3, 0.4) is 0 Å². The molecule has 0 spiro atoms. The van der Waals surface area contributed by atoms with Crippen LogP contribution in [-0.4, -0.2) is 12.1 Å². The van der Waals surface area contributed by atoms with Gasteiger partial charge >= 0.3 is 0 Å². The van der Waals surface area contributed by atoms with E-state index >= 15 is 0 Å². The summed E-state index contributed by atoms with van der Waals surface area (Å²) in [5.41, 5.74) is 0. The SMILES string of the molecule is CCCCCCCCCCCCCCCC1CCCC(C)N1. The molecule has 1 fully saturated rings. The first-order valence-electron chi connectivity index (χ1n) is 10.6. The van der Waals surface area contributed by atoms with E-state index in [9.17, 15) is 0 Å². The lowest BCUT2D eigenvalue weighted by Crippen LogP contribution is -2.40. The molecule has 1 aliphatic heterocycles. The van der Waals surface area contributed by atoms with Crippen molar-refractivity contribution < 1.29 is 0 Å². The van der Waals surface area contributed by atoms with Gasteiger partial charge in [0, 0.05) is 12.1 Å². The normalized spacial score (nSPS) is 22.1. The Morgan fingerprint density at radius 1 is 0.682 bits per heavy atom. The second-order valence-electron chi connectivity index (χ2n) is 7.73. The molecular weight excluding hydrogens is 266 g/mol. The third kappa shape index (κ3) is 11.5. The monoisotopic (exact) mass is 309 g/mol. The van der Waals surface area contributed by atoms with E-state index in [4.69, 9.17) is 0 Å². The molecule has 0 radical (unpaired) electrons. The lowest BCUT2D eigenvalue weighted by Gasteiger charge is -2.28. The fourth-order valence-electron chi connectivity index (χ4n) is 3.88.